The minimum atomic E-state index is -0.00143. The SMILES string of the molecule is CNc1ccc2c(c1)CC(=O)N2CC(C)=O. The summed E-state index contributed by atoms with van der Waals surface area (Å²) in [7, 11) is 1.84. The number of ketones is 1. The number of hydrogen-bond acceptors (Lipinski definition) is 3. The molecule has 0 aliphatic carbocycles. The minimum Gasteiger partial charge on any atom is -0.388 e. The molecule has 0 saturated heterocycles. The van der Waals surface area contributed by atoms with Crippen LogP contribution in [0.1, 0.15) is 12.5 Å². The van der Waals surface area contributed by atoms with Gasteiger partial charge in [-0.1, -0.05) is 0 Å². The predicted octanol–water partition coefficient (Wildman–Crippen LogP) is 1.21. The van der Waals surface area contributed by atoms with Gasteiger partial charge in [0.15, 0.2) is 0 Å². The highest BCUT2D eigenvalue weighted by Gasteiger charge is 2.27. The van der Waals surface area contributed by atoms with E-state index in [4.69, 9.17) is 0 Å². The second kappa shape index (κ2) is 3.96. The molecule has 4 nitrogen and oxygen atoms in total. The Bertz CT molecular complexity index is 454. The average Bonchev–Trinajstić information content (AvgIpc) is 2.54. The van der Waals surface area contributed by atoms with Gasteiger partial charge in [0.25, 0.3) is 0 Å². The van der Waals surface area contributed by atoms with Gasteiger partial charge in [0.2, 0.25) is 5.91 Å². The topological polar surface area (TPSA) is 49.4 Å². The lowest BCUT2D eigenvalue weighted by atomic mass is 10.1. The van der Waals surface area contributed by atoms with E-state index in [2.05, 4.69) is 5.32 Å². The molecule has 1 aliphatic rings. The fourth-order valence-electron chi connectivity index (χ4n) is 1.93. The zero-order valence-corrected chi connectivity index (χ0v) is 9.41. The van der Waals surface area contributed by atoms with E-state index in [1.165, 1.54) is 6.92 Å². The molecule has 4 heteroatoms. The average molecular weight is 218 g/mol. The summed E-state index contributed by atoms with van der Waals surface area (Å²) in [5, 5.41) is 3.03. The van der Waals surface area contributed by atoms with Crippen molar-refractivity contribution in [3.8, 4) is 0 Å². The summed E-state index contributed by atoms with van der Waals surface area (Å²) in [4.78, 5) is 24.3. The van der Waals surface area contributed by atoms with Crippen LogP contribution in [-0.4, -0.2) is 25.3 Å². The van der Waals surface area contributed by atoms with Crippen LogP contribution >= 0.6 is 0 Å². The number of carbonyl (C=O) groups excluding carboxylic acids is 2. The molecular formula is C12H14N2O2. The first-order chi connectivity index (χ1) is 7.61. The van der Waals surface area contributed by atoms with Crippen LogP contribution in [0, 0.1) is 0 Å². The van der Waals surface area contributed by atoms with Gasteiger partial charge in [0.1, 0.15) is 5.78 Å². The molecule has 0 saturated carbocycles. The zero-order chi connectivity index (χ0) is 11.7. The molecule has 0 aromatic heterocycles. The van der Waals surface area contributed by atoms with E-state index in [1.807, 2.05) is 25.2 Å². The minimum absolute atomic E-state index is 0.00102. The van der Waals surface area contributed by atoms with Crippen LogP contribution in [0.4, 0.5) is 11.4 Å². The van der Waals surface area contributed by atoms with E-state index in [-0.39, 0.29) is 18.2 Å². The Morgan fingerprint density at radius 2 is 2.25 bits per heavy atom. The van der Waals surface area contributed by atoms with Gasteiger partial charge < -0.3 is 10.2 Å². The highest BCUT2D eigenvalue weighted by molar-refractivity contribution is 6.05. The summed E-state index contributed by atoms with van der Waals surface area (Å²) in [5.41, 5.74) is 2.83. The Hall–Kier alpha value is -1.84. The maximum Gasteiger partial charge on any atom is 0.231 e. The van der Waals surface area contributed by atoms with Crippen molar-refractivity contribution in [3.63, 3.8) is 0 Å². The largest absolute Gasteiger partial charge is 0.388 e. The van der Waals surface area contributed by atoms with Crippen molar-refractivity contribution in [2.75, 3.05) is 23.8 Å². The van der Waals surface area contributed by atoms with Crippen molar-refractivity contribution in [2.24, 2.45) is 0 Å². The van der Waals surface area contributed by atoms with Gasteiger partial charge >= 0.3 is 0 Å². The highest BCUT2D eigenvalue weighted by atomic mass is 16.2. The van der Waals surface area contributed by atoms with Crippen molar-refractivity contribution in [1.29, 1.82) is 0 Å². The maximum absolute atomic E-state index is 11.7. The van der Waals surface area contributed by atoms with Crippen LogP contribution < -0.4 is 10.2 Å². The first-order valence-electron chi connectivity index (χ1n) is 5.22. The van der Waals surface area contributed by atoms with E-state index in [9.17, 15) is 9.59 Å². The summed E-state index contributed by atoms with van der Waals surface area (Å²) in [6.07, 6.45) is 0.387. The van der Waals surface area contributed by atoms with Crippen LogP contribution in [0.25, 0.3) is 0 Å². The fraction of sp³-hybridized carbons (Fsp3) is 0.333. The Labute approximate surface area is 94.2 Å². The monoisotopic (exact) mass is 218 g/mol. The zero-order valence-electron chi connectivity index (χ0n) is 9.41. The smallest absolute Gasteiger partial charge is 0.231 e. The number of carbonyl (C=O) groups is 2. The second-order valence-corrected chi connectivity index (χ2v) is 3.95. The van der Waals surface area contributed by atoms with Crippen molar-refractivity contribution in [3.05, 3.63) is 23.8 Å². The Morgan fingerprint density at radius 1 is 1.50 bits per heavy atom. The van der Waals surface area contributed by atoms with Crippen LogP contribution in [-0.2, 0) is 16.0 Å². The fourth-order valence-corrected chi connectivity index (χ4v) is 1.93. The van der Waals surface area contributed by atoms with E-state index in [0.717, 1.165) is 16.9 Å². The van der Waals surface area contributed by atoms with Gasteiger partial charge in [-0.25, -0.2) is 0 Å². The number of amides is 1. The molecule has 2 rings (SSSR count). The summed E-state index contributed by atoms with van der Waals surface area (Å²) in [6, 6.07) is 5.74. The molecule has 0 spiro atoms. The Kier molecular flexibility index (Phi) is 2.64. The van der Waals surface area contributed by atoms with E-state index >= 15 is 0 Å². The number of nitrogens with one attached hydrogen (secondary N) is 1. The molecule has 0 bridgehead atoms. The van der Waals surface area contributed by atoms with Crippen LogP contribution in [0.15, 0.2) is 18.2 Å². The molecule has 0 radical (unpaired) electrons. The van der Waals surface area contributed by atoms with Gasteiger partial charge in [-0.2, -0.15) is 0 Å². The lowest BCUT2D eigenvalue weighted by molar-refractivity contribution is -0.121. The summed E-state index contributed by atoms with van der Waals surface area (Å²) in [6.45, 7) is 1.66. The predicted molar refractivity (Wildman–Crippen MR) is 62.7 cm³/mol. The lowest BCUT2D eigenvalue weighted by Crippen LogP contribution is -2.31. The first-order valence-corrected chi connectivity index (χ1v) is 5.22. The van der Waals surface area contributed by atoms with E-state index in [0.29, 0.717) is 6.42 Å². The molecule has 1 aliphatic heterocycles. The number of nitrogens with zero attached hydrogens (tertiary/aromatic N) is 1. The molecule has 16 heavy (non-hydrogen) atoms. The van der Waals surface area contributed by atoms with Crippen molar-refractivity contribution in [2.45, 2.75) is 13.3 Å². The molecule has 0 atom stereocenters. The Balaban J connectivity index is 2.34. The molecule has 1 heterocycles. The molecule has 84 valence electrons. The van der Waals surface area contributed by atoms with Crippen molar-refractivity contribution >= 4 is 23.1 Å². The van der Waals surface area contributed by atoms with E-state index < -0.39 is 0 Å². The summed E-state index contributed by atoms with van der Waals surface area (Å²) in [5.74, 6) is -0.00246. The third-order valence-corrected chi connectivity index (χ3v) is 2.68. The Morgan fingerprint density at radius 3 is 2.88 bits per heavy atom. The molecule has 1 N–H and O–H groups in total. The third kappa shape index (κ3) is 1.78. The van der Waals surface area contributed by atoms with Gasteiger partial charge in [-0.05, 0) is 30.7 Å². The molecule has 1 aromatic carbocycles. The summed E-state index contributed by atoms with van der Waals surface area (Å²) < 4.78 is 0. The number of Topliss-reactive ketones (excluding diaryl/α,β-unsaturated/α-hetero) is 1. The third-order valence-electron chi connectivity index (χ3n) is 2.68. The van der Waals surface area contributed by atoms with Crippen LogP contribution in [0.3, 0.4) is 0 Å². The van der Waals surface area contributed by atoms with Gasteiger partial charge in [-0.3, -0.25) is 9.59 Å². The molecule has 0 unspecified atom stereocenters. The number of hydrogen-bond donors (Lipinski definition) is 1. The molecule has 0 fully saturated rings. The standard InChI is InChI=1S/C12H14N2O2/c1-8(15)7-14-11-4-3-10(13-2)5-9(11)6-12(14)16/h3-5,13H,6-7H2,1-2H3. The number of rotatable bonds is 3. The summed E-state index contributed by atoms with van der Waals surface area (Å²) >= 11 is 0. The number of benzene rings is 1. The van der Waals surface area contributed by atoms with Crippen molar-refractivity contribution in [1.82, 2.24) is 0 Å². The molecular weight excluding hydrogens is 204 g/mol. The van der Waals surface area contributed by atoms with Crippen LogP contribution in [0.5, 0.6) is 0 Å². The van der Waals surface area contributed by atoms with Crippen molar-refractivity contribution < 1.29 is 9.59 Å². The molecule has 1 amide bonds. The first kappa shape index (κ1) is 10.7. The van der Waals surface area contributed by atoms with Gasteiger partial charge in [0, 0.05) is 18.4 Å². The van der Waals surface area contributed by atoms with E-state index in [1.54, 1.807) is 4.90 Å². The van der Waals surface area contributed by atoms with Gasteiger partial charge in [0.05, 0.1) is 13.0 Å². The lowest BCUT2D eigenvalue weighted by Gasteiger charge is -2.15. The normalized spacial score (nSPS) is 13.9. The quantitative estimate of drug-likeness (QED) is 0.829. The number of anilines is 2. The highest BCUT2D eigenvalue weighted by Crippen LogP contribution is 2.30. The number of fused-ring (bicyclic) bond motifs is 1. The molecule has 1 aromatic rings. The maximum atomic E-state index is 11.7. The van der Waals surface area contributed by atoms with Gasteiger partial charge in [-0.15, -0.1) is 0 Å². The van der Waals surface area contributed by atoms with Crippen LogP contribution in [0.2, 0.25) is 0 Å². The second-order valence-electron chi connectivity index (χ2n) is 3.95.